The molecule has 1 N–H and O–H groups in total. The first-order valence-corrected chi connectivity index (χ1v) is 9.32. The second kappa shape index (κ2) is 10.4. The lowest BCUT2D eigenvalue weighted by molar-refractivity contribution is -0.163. The molecule has 160 valence electrons. The summed E-state index contributed by atoms with van der Waals surface area (Å²) in [5.41, 5.74) is 0.750. The van der Waals surface area contributed by atoms with Crippen LogP contribution in [0.4, 0.5) is 0 Å². The Balaban J connectivity index is 2.21. The Morgan fingerprint density at radius 1 is 0.833 bits per heavy atom. The minimum absolute atomic E-state index is 0.00611. The van der Waals surface area contributed by atoms with Crippen molar-refractivity contribution in [1.82, 2.24) is 5.32 Å². The van der Waals surface area contributed by atoms with Crippen LogP contribution in [-0.2, 0) is 39.8 Å². The van der Waals surface area contributed by atoms with E-state index in [1.54, 1.807) is 0 Å². The molecule has 0 aliphatic heterocycles. The molecule has 0 saturated heterocycles. The summed E-state index contributed by atoms with van der Waals surface area (Å²) < 4.78 is 14.1. The van der Waals surface area contributed by atoms with Gasteiger partial charge in [0.15, 0.2) is 5.92 Å². The third-order valence-electron chi connectivity index (χ3n) is 4.91. The molecule has 0 bridgehead atoms. The lowest BCUT2D eigenvalue weighted by atomic mass is 9.87. The highest BCUT2D eigenvalue weighted by Crippen LogP contribution is 2.21. The number of amides is 1. The quantitative estimate of drug-likeness (QED) is 0.397. The summed E-state index contributed by atoms with van der Waals surface area (Å²) in [5, 5.41) is 4.60. The van der Waals surface area contributed by atoms with Crippen LogP contribution < -0.4 is 5.32 Å². The molecule has 0 spiro atoms. The van der Waals surface area contributed by atoms with Crippen molar-refractivity contribution in [2.75, 3.05) is 21.3 Å². The lowest BCUT2D eigenvalue weighted by Gasteiger charge is -2.27. The maximum Gasteiger partial charge on any atom is 0.328 e. The molecule has 8 nitrogen and oxygen atoms in total. The number of nitrogens with one attached hydrogen (secondary N) is 1. The second-order valence-corrected chi connectivity index (χ2v) is 6.81. The smallest absolute Gasteiger partial charge is 0.328 e. The highest BCUT2D eigenvalue weighted by atomic mass is 16.5. The average Bonchev–Trinajstić information content (AvgIpc) is 2.76. The second-order valence-electron chi connectivity index (χ2n) is 6.81. The molecule has 2 aromatic carbocycles. The van der Waals surface area contributed by atoms with Crippen molar-refractivity contribution in [3.05, 3.63) is 48.0 Å². The molecule has 8 heteroatoms. The molecule has 2 aromatic rings. The van der Waals surface area contributed by atoms with Crippen LogP contribution in [0.5, 0.6) is 0 Å². The van der Waals surface area contributed by atoms with E-state index in [4.69, 9.17) is 4.74 Å². The van der Waals surface area contributed by atoms with Gasteiger partial charge in [-0.15, -0.1) is 0 Å². The van der Waals surface area contributed by atoms with Gasteiger partial charge in [-0.3, -0.25) is 14.4 Å². The fraction of sp³-hybridized carbons (Fsp3) is 0.364. The number of hydrogen-bond donors (Lipinski definition) is 1. The van der Waals surface area contributed by atoms with Gasteiger partial charge in [0.25, 0.3) is 0 Å². The number of methoxy groups -OCH3 is 3. The van der Waals surface area contributed by atoms with E-state index in [2.05, 4.69) is 14.8 Å². The molecule has 0 saturated carbocycles. The van der Waals surface area contributed by atoms with Gasteiger partial charge in [0.05, 0.1) is 27.8 Å². The zero-order chi connectivity index (χ0) is 22.3. The molecule has 0 heterocycles. The Morgan fingerprint density at radius 2 is 1.40 bits per heavy atom. The minimum atomic E-state index is -1.40. The molecular weight excluding hydrogens is 390 g/mol. The Labute approximate surface area is 174 Å². The van der Waals surface area contributed by atoms with Gasteiger partial charge in [-0.05, 0) is 16.3 Å². The van der Waals surface area contributed by atoms with Crippen molar-refractivity contribution in [1.29, 1.82) is 0 Å². The van der Waals surface area contributed by atoms with Crippen LogP contribution in [0.1, 0.15) is 12.5 Å². The summed E-state index contributed by atoms with van der Waals surface area (Å²) in [6.07, 6.45) is 0.00611. The summed E-state index contributed by atoms with van der Waals surface area (Å²) in [5.74, 6) is -5.34. The normalized spacial score (nSPS) is 12.7. The van der Waals surface area contributed by atoms with Crippen molar-refractivity contribution >= 4 is 34.6 Å². The number of carbonyl (C=O) groups excluding carboxylic acids is 4. The van der Waals surface area contributed by atoms with Gasteiger partial charge in [0, 0.05) is 5.92 Å². The first kappa shape index (κ1) is 22.9. The van der Waals surface area contributed by atoms with E-state index in [0.29, 0.717) is 0 Å². The molecule has 2 rings (SSSR count). The number of carbonyl (C=O) groups is 4. The van der Waals surface area contributed by atoms with Crippen LogP contribution in [0.15, 0.2) is 42.5 Å². The van der Waals surface area contributed by atoms with Gasteiger partial charge in [-0.2, -0.15) is 0 Å². The molecule has 30 heavy (non-hydrogen) atoms. The Bertz CT molecular complexity index is 924. The van der Waals surface area contributed by atoms with E-state index in [1.165, 1.54) is 6.92 Å². The molecule has 0 aliphatic rings. The van der Waals surface area contributed by atoms with E-state index in [-0.39, 0.29) is 6.42 Å². The molecule has 0 fully saturated rings. The Morgan fingerprint density at radius 3 is 1.97 bits per heavy atom. The first-order valence-electron chi connectivity index (χ1n) is 9.32. The zero-order valence-electron chi connectivity index (χ0n) is 17.3. The molecular formula is C22H25NO7. The van der Waals surface area contributed by atoms with Gasteiger partial charge < -0.3 is 19.5 Å². The van der Waals surface area contributed by atoms with Crippen molar-refractivity contribution < 1.29 is 33.4 Å². The SMILES string of the molecule is COC(=O)C(C(=O)OC)[C@@H](C)[C@H](NC(=O)Cc1ccc2ccccc2c1)C(=O)OC. The largest absolute Gasteiger partial charge is 0.468 e. The van der Waals surface area contributed by atoms with Crippen LogP contribution in [0.3, 0.4) is 0 Å². The van der Waals surface area contributed by atoms with Gasteiger partial charge >= 0.3 is 17.9 Å². The van der Waals surface area contributed by atoms with Crippen molar-refractivity contribution in [2.45, 2.75) is 19.4 Å². The topological polar surface area (TPSA) is 108 Å². The highest BCUT2D eigenvalue weighted by molar-refractivity contribution is 5.96. The zero-order valence-corrected chi connectivity index (χ0v) is 17.3. The summed E-state index contributed by atoms with van der Waals surface area (Å²) >= 11 is 0. The van der Waals surface area contributed by atoms with Crippen LogP contribution in [0.25, 0.3) is 10.8 Å². The van der Waals surface area contributed by atoms with E-state index in [9.17, 15) is 19.2 Å². The van der Waals surface area contributed by atoms with Crippen LogP contribution in [0, 0.1) is 11.8 Å². The standard InChI is InChI=1S/C22H25NO7/c1-13(18(20(25)28-2)21(26)29-3)19(22(27)30-4)23-17(24)12-14-9-10-15-7-5-6-8-16(15)11-14/h5-11,13,18-19H,12H2,1-4H3,(H,23,24)/t13-,19+/m1/s1. The Hall–Kier alpha value is -3.42. The van der Waals surface area contributed by atoms with Gasteiger partial charge in [-0.25, -0.2) is 4.79 Å². The summed E-state index contributed by atoms with van der Waals surface area (Å²) in [6, 6.07) is 12.1. The minimum Gasteiger partial charge on any atom is -0.468 e. The number of ether oxygens (including phenoxy) is 3. The monoisotopic (exact) mass is 415 g/mol. The van der Waals surface area contributed by atoms with Gasteiger partial charge in [-0.1, -0.05) is 49.4 Å². The third-order valence-corrected chi connectivity index (χ3v) is 4.91. The lowest BCUT2D eigenvalue weighted by Crippen LogP contribution is -2.51. The predicted octanol–water partition coefficient (Wildman–Crippen LogP) is 1.64. The van der Waals surface area contributed by atoms with E-state index in [0.717, 1.165) is 37.7 Å². The van der Waals surface area contributed by atoms with Gasteiger partial charge in [0.1, 0.15) is 6.04 Å². The van der Waals surface area contributed by atoms with Crippen molar-refractivity contribution in [3.63, 3.8) is 0 Å². The highest BCUT2D eigenvalue weighted by Gasteiger charge is 2.42. The molecule has 0 radical (unpaired) electrons. The van der Waals surface area contributed by atoms with E-state index < -0.39 is 41.7 Å². The van der Waals surface area contributed by atoms with Crippen LogP contribution in [-0.4, -0.2) is 51.2 Å². The van der Waals surface area contributed by atoms with Gasteiger partial charge in [0.2, 0.25) is 5.91 Å². The maximum atomic E-state index is 12.6. The van der Waals surface area contributed by atoms with Crippen LogP contribution >= 0.6 is 0 Å². The fourth-order valence-corrected chi connectivity index (χ4v) is 3.26. The summed E-state index contributed by atoms with van der Waals surface area (Å²) in [4.78, 5) is 49.1. The third kappa shape index (κ3) is 5.34. The van der Waals surface area contributed by atoms with Crippen molar-refractivity contribution in [3.8, 4) is 0 Å². The number of rotatable bonds is 8. The first-order chi connectivity index (χ1) is 14.3. The molecule has 0 aromatic heterocycles. The number of hydrogen-bond acceptors (Lipinski definition) is 7. The predicted molar refractivity (Wildman–Crippen MR) is 108 cm³/mol. The average molecular weight is 415 g/mol. The fourth-order valence-electron chi connectivity index (χ4n) is 3.26. The number of esters is 3. The molecule has 0 unspecified atom stereocenters. The van der Waals surface area contributed by atoms with E-state index in [1.807, 2.05) is 42.5 Å². The van der Waals surface area contributed by atoms with Crippen molar-refractivity contribution in [2.24, 2.45) is 11.8 Å². The summed E-state index contributed by atoms with van der Waals surface area (Å²) in [6.45, 7) is 1.47. The molecule has 1 amide bonds. The number of fused-ring (bicyclic) bond motifs is 1. The number of benzene rings is 2. The molecule has 0 aliphatic carbocycles. The van der Waals surface area contributed by atoms with Crippen LogP contribution in [0.2, 0.25) is 0 Å². The molecule has 2 atom stereocenters. The van der Waals surface area contributed by atoms with E-state index >= 15 is 0 Å². The Kier molecular flexibility index (Phi) is 7.91. The summed E-state index contributed by atoms with van der Waals surface area (Å²) in [7, 11) is 3.40. The maximum absolute atomic E-state index is 12.6.